The molecule has 0 aliphatic rings. The zero-order chi connectivity index (χ0) is 13.7. The maximum absolute atomic E-state index is 9.07. The van der Waals surface area contributed by atoms with E-state index in [4.69, 9.17) is 26.2 Å². The Morgan fingerprint density at radius 1 is 1.11 bits per heavy atom. The van der Waals surface area contributed by atoms with E-state index < -0.39 is 0 Å². The van der Waals surface area contributed by atoms with E-state index in [9.17, 15) is 0 Å². The predicted molar refractivity (Wildman–Crippen MR) is 75.1 cm³/mol. The van der Waals surface area contributed by atoms with Crippen LogP contribution in [-0.4, -0.2) is 11.7 Å². The minimum Gasteiger partial charge on any atom is -0.490 e. The lowest BCUT2D eigenvalue weighted by Crippen LogP contribution is -1.95. The Hall–Kier alpha value is -1.71. The van der Waals surface area contributed by atoms with Crippen LogP contribution in [0.15, 0.2) is 42.5 Å². The number of halogens is 1. The highest BCUT2D eigenvalue weighted by atomic mass is 35.5. The van der Waals surface area contributed by atoms with Gasteiger partial charge in [0.05, 0.1) is 13.2 Å². The van der Waals surface area contributed by atoms with Gasteiger partial charge in [-0.15, -0.1) is 0 Å². The molecule has 0 heterocycles. The number of hydrogen-bond acceptors (Lipinski definition) is 3. The largest absolute Gasteiger partial charge is 0.490 e. The standard InChI is InChI=1S/C15H15ClO3/c1-2-18-14-5-3-4-6-15(14)19-12-8-7-11(10-17)13(16)9-12/h3-9,17H,2,10H2,1H3. The molecule has 0 atom stereocenters. The van der Waals surface area contributed by atoms with Crippen LogP contribution < -0.4 is 9.47 Å². The van der Waals surface area contributed by atoms with Crippen molar-refractivity contribution < 1.29 is 14.6 Å². The van der Waals surface area contributed by atoms with Crippen molar-refractivity contribution in [1.29, 1.82) is 0 Å². The summed E-state index contributed by atoms with van der Waals surface area (Å²) in [4.78, 5) is 0. The van der Waals surface area contributed by atoms with E-state index in [0.717, 1.165) is 0 Å². The number of ether oxygens (including phenoxy) is 2. The average molecular weight is 279 g/mol. The van der Waals surface area contributed by atoms with Crippen LogP contribution in [-0.2, 0) is 6.61 Å². The smallest absolute Gasteiger partial charge is 0.169 e. The third-order valence-electron chi connectivity index (χ3n) is 2.57. The molecule has 0 aliphatic carbocycles. The van der Waals surface area contributed by atoms with Crippen LogP contribution in [0.4, 0.5) is 0 Å². The zero-order valence-electron chi connectivity index (χ0n) is 10.6. The molecule has 2 aromatic carbocycles. The summed E-state index contributed by atoms with van der Waals surface area (Å²) in [5.74, 6) is 1.93. The highest BCUT2D eigenvalue weighted by molar-refractivity contribution is 6.31. The molecule has 19 heavy (non-hydrogen) atoms. The van der Waals surface area contributed by atoms with Crippen LogP contribution in [0.2, 0.25) is 5.02 Å². The summed E-state index contributed by atoms with van der Waals surface area (Å²) in [6.45, 7) is 2.41. The van der Waals surface area contributed by atoms with Crippen molar-refractivity contribution in [2.24, 2.45) is 0 Å². The monoisotopic (exact) mass is 278 g/mol. The van der Waals surface area contributed by atoms with Crippen LogP contribution in [0.5, 0.6) is 17.2 Å². The van der Waals surface area contributed by atoms with Gasteiger partial charge in [-0.25, -0.2) is 0 Å². The van der Waals surface area contributed by atoms with Crippen molar-refractivity contribution in [3.8, 4) is 17.2 Å². The van der Waals surface area contributed by atoms with Gasteiger partial charge in [0.15, 0.2) is 11.5 Å². The van der Waals surface area contributed by atoms with E-state index in [0.29, 0.717) is 34.4 Å². The summed E-state index contributed by atoms with van der Waals surface area (Å²) < 4.78 is 11.2. The van der Waals surface area contributed by atoms with Gasteiger partial charge in [-0.2, -0.15) is 0 Å². The minimum atomic E-state index is -0.0886. The van der Waals surface area contributed by atoms with E-state index in [1.54, 1.807) is 18.2 Å². The summed E-state index contributed by atoms with van der Waals surface area (Å²) in [5, 5.41) is 9.55. The Kier molecular flexibility index (Phi) is 4.66. The quantitative estimate of drug-likeness (QED) is 0.898. The number of aliphatic hydroxyl groups is 1. The van der Waals surface area contributed by atoms with Crippen molar-refractivity contribution >= 4 is 11.6 Å². The molecule has 0 spiro atoms. The lowest BCUT2D eigenvalue weighted by atomic mass is 10.2. The number of aliphatic hydroxyl groups excluding tert-OH is 1. The summed E-state index contributed by atoms with van der Waals surface area (Å²) >= 11 is 6.03. The number of para-hydroxylation sites is 2. The zero-order valence-corrected chi connectivity index (χ0v) is 11.4. The molecule has 0 unspecified atom stereocenters. The summed E-state index contributed by atoms with van der Waals surface area (Å²) in [6, 6.07) is 12.6. The molecule has 0 saturated carbocycles. The van der Waals surface area contributed by atoms with E-state index in [1.165, 1.54) is 0 Å². The number of benzene rings is 2. The molecule has 0 fully saturated rings. The van der Waals surface area contributed by atoms with E-state index in [-0.39, 0.29) is 6.61 Å². The molecule has 0 aliphatic heterocycles. The second-order valence-electron chi connectivity index (χ2n) is 3.89. The highest BCUT2D eigenvalue weighted by Crippen LogP contribution is 2.33. The van der Waals surface area contributed by atoms with Crippen LogP contribution >= 0.6 is 11.6 Å². The topological polar surface area (TPSA) is 38.7 Å². The van der Waals surface area contributed by atoms with E-state index >= 15 is 0 Å². The first-order valence-corrected chi connectivity index (χ1v) is 6.41. The fraction of sp³-hybridized carbons (Fsp3) is 0.200. The van der Waals surface area contributed by atoms with Gasteiger partial charge in [0.2, 0.25) is 0 Å². The number of rotatable bonds is 5. The predicted octanol–water partition coefficient (Wildman–Crippen LogP) is 4.02. The van der Waals surface area contributed by atoms with Crippen molar-refractivity contribution in [3.63, 3.8) is 0 Å². The molecule has 0 aromatic heterocycles. The lowest BCUT2D eigenvalue weighted by molar-refractivity contribution is 0.281. The molecular weight excluding hydrogens is 264 g/mol. The van der Waals surface area contributed by atoms with Crippen LogP contribution in [0, 0.1) is 0 Å². The Labute approximate surface area is 117 Å². The fourth-order valence-electron chi connectivity index (χ4n) is 1.66. The summed E-state index contributed by atoms with van der Waals surface area (Å²) in [7, 11) is 0. The molecule has 4 heteroatoms. The van der Waals surface area contributed by atoms with Gasteiger partial charge in [-0.3, -0.25) is 0 Å². The Balaban J connectivity index is 2.23. The molecule has 0 radical (unpaired) electrons. The third kappa shape index (κ3) is 3.40. The number of hydrogen-bond donors (Lipinski definition) is 1. The van der Waals surface area contributed by atoms with Crippen LogP contribution in [0.3, 0.4) is 0 Å². The van der Waals surface area contributed by atoms with Crippen molar-refractivity contribution in [1.82, 2.24) is 0 Å². The summed E-state index contributed by atoms with van der Waals surface area (Å²) in [6.07, 6.45) is 0. The fourth-order valence-corrected chi connectivity index (χ4v) is 1.89. The molecule has 2 aromatic rings. The summed E-state index contributed by atoms with van der Waals surface area (Å²) in [5.41, 5.74) is 0.673. The lowest BCUT2D eigenvalue weighted by Gasteiger charge is -2.12. The normalized spacial score (nSPS) is 10.3. The van der Waals surface area contributed by atoms with Gasteiger partial charge < -0.3 is 14.6 Å². The van der Waals surface area contributed by atoms with Crippen molar-refractivity contribution in [2.75, 3.05) is 6.61 Å². The molecule has 0 saturated heterocycles. The molecule has 100 valence electrons. The molecule has 1 N–H and O–H groups in total. The van der Waals surface area contributed by atoms with E-state index in [1.807, 2.05) is 31.2 Å². The van der Waals surface area contributed by atoms with E-state index in [2.05, 4.69) is 0 Å². The van der Waals surface area contributed by atoms with Crippen LogP contribution in [0.25, 0.3) is 0 Å². The molecule has 2 rings (SSSR count). The molecule has 0 bridgehead atoms. The van der Waals surface area contributed by atoms with Crippen molar-refractivity contribution in [2.45, 2.75) is 13.5 Å². The van der Waals surface area contributed by atoms with Gasteiger partial charge >= 0.3 is 0 Å². The minimum absolute atomic E-state index is 0.0886. The maximum Gasteiger partial charge on any atom is 0.169 e. The van der Waals surface area contributed by atoms with Gasteiger partial charge in [-0.05, 0) is 36.8 Å². The van der Waals surface area contributed by atoms with Gasteiger partial charge in [0, 0.05) is 5.02 Å². The van der Waals surface area contributed by atoms with Gasteiger partial charge in [0.25, 0.3) is 0 Å². The SMILES string of the molecule is CCOc1ccccc1Oc1ccc(CO)c(Cl)c1. The average Bonchev–Trinajstić information content (AvgIpc) is 2.41. The Bertz CT molecular complexity index is 555. The third-order valence-corrected chi connectivity index (χ3v) is 2.92. The first kappa shape index (κ1) is 13.7. The first-order valence-electron chi connectivity index (χ1n) is 6.03. The van der Waals surface area contributed by atoms with Gasteiger partial charge in [0.1, 0.15) is 5.75 Å². The second-order valence-corrected chi connectivity index (χ2v) is 4.30. The Morgan fingerprint density at radius 3 is 2.47 bits per heavy atom. The molecular formula is C15H15ClO3. The molecule has 3 nitrogen and oxygen atoms in total. The highest BCUT2D eigenvalue weighted by Gasteiger charge is 2.07. The molecule has 0 amide bonds. The first-order chi connectivity index (χ1) is 9.24. The van der Waals surface area contributed by atoms with Gasteiger partial charge in [-0.1, -0.05) is 29.8 Å². The maximum atomic E-state index is 9.07. The Morgan fingerprint density at radius 2 is 1.84 bits per heavy atom. The van der Waals surface area contributed by atoms with Crippen molar-refractivity contribution in [3.05, 3.63) is 53.1 Å². The second kappa shape index (κ2) is 6.45. The van der Waals surface area contributed by atoms with Crippen LogP contribution in [0.1, 0.15) is 12.5 Å².